The highest BCUT2D eigenvalue weighted by Crippen LogP contribution is 2.32. The van der Waals surface area contributed by atoms with Crippen LogP contribution in [-0.4, -0.2) is 11.1 Å². The second-order valence-electron chi connectivity index (χ2n) is 4.48. The van der Waals surface area contributed by atoms with Crippen LogP contribution in [0.1, 0.15) is 53.2 Å². The summed E-state index contributed by atoms with van der Waals surface area (Å²) in [6.45, 7) is 4.14. The van der Waals surface area contributed by atoms with Gasteiger partial charge in [0.05, 0.1) is 5.56 Å². The molecular formula is C13H16O2. The molecule has 0 saturated carbocycles. The summed E-state index contributed by atoms with van der Waals surface area (Å²) in [6.07, 6.45) is 3.32. The predicted molar refractivity (Wildman–Crippen MR) is 59.5 cm³/mol. The van der Waals surface area contributed by atoms with E-state index in [-0.39, 0.29) is 0 Å². The van der Waals surface area contributed by atoms with Crippen LogP contribution >= 0.6 is 0 Å². The monoisotopic (exact) mass is 204 g/mol. The largest absolute Gasteiger partial charge is 0.478 e. The van der Waals surface area contributed by atoms with E-state index in [1.807, 2.05) is 6.07 Å². The van der Waals surface area contributed by atoms with Crippen LogP contribution in [0.5, 0.6) is 0 Å². The minimum absolute atomic E-state index is 0.296. The molecular weight excluding hydrogens is 188 g/mol. The Bertz CT molecular complexity index is 405. The molecule has 2 rings (SSSR count). The van der Waals surface area contributed by atoms with Crippen molar-refractivity contribution in [2.24, 2.45) is 0 Å². The normalized spacial score (nSPS) is 14.3. The molecule has 0 bridgehead atoms. The molecule has 1 aromatic rings. The third-order valence-corrected chi connectivity index (χ3v) is 3.13. The first kappa shape index (κ1) is 10.2. The number of carboxylic acid groups (broad SMARTS) is 1. The molecule has 1 N–H and O–H groups in total. The van der Waals surface area contributed by atoms with E-state index in [4.69, 9.17) is 5.11 Å². The van der Waals surface area contributed by atoms with Gasteiger partial charge in [0.25, 0.3) is 0 Å². The molecule has 0 aromatic heterocycles. The summed E-state index contributed by atoms with van der Waals surface area (Å²) in [5.74, 6) is -0.502. The highest BCUT2D eigenvalue weighted by Gasteiger charge is 2.22. The highest BCUT2D eigenvalue weighted by molar-refractivity contribution is 5.90. The van der Waals surface area contributed by atoms with Crippen molar-refractivity contribution in [2.45, 2.75) is 39.0 Å². The first-order chi connectivity index (χ1) is 7.11. The molecule has 0 unspecified atom stereocenters. The predicted octanol–water partition coefficient (Wildman–Crippen LogP) is 3.00. The van der Waals surface area contributed by atoms with Gasteiger partial charge in [0.15, 0.2) is 0 Å². The van der Waals surface area contributed by atoms with Crippen LogP contribution in [0.2, 0.25) is 0 Å². The van der Waals surface area contributed by atoms with Crippen LogP contribution in [0.3, 0.4) is 0 Å². The zero-order chi connectivity index (χ0) is 11.0. The lowest BCUT2D eigenvalue weighted by molar-refractivity contribution is 0.0695. The van der Waals surface area contributed by atoms with Gasteiger partial charge in [-0.05, 0) is 47.9 Å². The van der Waals surface area contributed by atoms with Crippen molar-refractivity contribution in [1.82, 2.24) is 0 Å². The number of aromatic carboxylic acids is 1. The summed E-state index contributed by atoms with van der Waals surface area (Å²) in [7, 11) is 0. The van der Waals surface area contributed by atoms with Crippen molar-refractivity contribution >= 4 is 5.97 Å². The van der Waals surface area contributed by atoms with Crippen LogP contribution in [0.15, 0.2) is 12.1 Å². The fourth-order valence-electron chi connectivity index (χ4n) is 2.54. The van der Waals surface area contributed by atoms with Crippen LogP contribution in [0.25, 0.3) is 0 Å². The quantitative estimate of drug-likeness (QED) is 0.804. The third-order valence-electron chi connectivity index (χ3n) is 3.13. The van der Waals surface area contributed by atoms with E-state index in [1.165, 1.54) is 11.1 Å². The lowest BCUT2D eigenvalue weighted by atomic mass is 9.90. The summed E-state index contributed by atoms with van der Waals surface area (Å²) in [5.41, 5.74) is 4.19. The Morgan fingerprint density at radius 3 is 2.67 bits per heavy atom. The Hall–Kier alpha value is -1.31. The number of hydrogen-bond acceptors (Lipinski definition) is 1. The number of aryl methyl sites for hydroxylation is 1. The van der Waals surface area contributed by atoms with E-state index in [1.54, 1.807) is 6.07 Å². The number of carboxylic acids is 1. The van der Waals surface area contributed by atoms with Gasteiger partial charge >= 0.3 is 5.97 Å². The van der Waals surface area contributed by atoms with Crippen LogP contribution < -0.4 is 0 Å². The van der Waals surface area contributed by atoms with Gasteiger partial charge in [-0.3, -0.25) is 0 Å². The Morgan fingerprint density at radius 1 is 1.33 bits per heavy atom. The summed E-state index contributed by atoms with van der Waals surface area (Å²) >= 11 is 0. The maximum absolute atomic E-state index is 11.1. The average Bonchev–Trinajstić information content (AvgIpc) is 2.62. The van der Waals surface area contributed by atoms with E-state index in [2.05, 4.69) is 13.8 Å². The first-order valence-electron chi connectivity index (χ1n) is 5.49. The van der Waals surface area contributed by atoms with E-state index >= 15 is 0 Å². The summed E-state index contributed by atoms with van der Waals surface area (Å²) in [5, 5.41) is 9.15. The SMILES string of the molecule is CC(C)c1c(C(=O)O)ccc2c1CCC2. The van der Waals surface area contributed by atoms with E-state index < -0.39 is 5.97 Å². The highest BCUT2D eigenvalue weighted by atomic mass is 16.4. The van der Waals surface area contributed by atoms with Crippen LogP contribution in [-0.2, 0) is 12.8 Å². The average molecular weight is 204 g/mol. The van der Waals surface area contributed by atoms with E-state index in [0.717, 1.165) is 24.8 Å². The number of carbonyl (C=O) groups is 1. The maximum Gasteiger partial charge on any atom is 0.335 e. The Kier molecular flexibility index (Phi) is 2.51. The molecule has 2 nitrogen and oxygen atoms in total. The molecule has 15 heavy (non-hydrogen) atoms. The van der Waals surface area contributed by atoms with Gasteiger partial charge in [-0.25, -0.2) is 4.79 Å². The van der Waals surface area contributed by atoms with E-state index in [9.17, 15) is 4.79 Å². The lowest BCUT2D eigenvalue weighted by Gasteiger charge is -2.15. The standard InChI is InChI=1S/C13H16O2/c1-8(2)12-10-5-3-4-9(10)6-7-11(12)13(14)15/h6-8H,3-5H2,1-2H3,(H,14,15). The van der Waals surface area contributed by atoms with Gasteiger partial charge in [-0.1, -0.05) is 19.9 Å². The van der Waals surface area contributed by atoms with Gasteiger partial charge in [-0.15, -0.1) is 0 Å². The smallest absolute Gasteiger partial charge is 0.335 e. The number of rotatable bonds is 2. The molecule has 1 aromatic carbocycles. The van der Waals surface area contributed by atoms with E-state index in [0.29, 0.717) is 11.5 Å². The fraction of sp³-hybridized carbons (Fsp3) is 0.462. The second kappa shape index (κ2) is 3.69. The molecule has 0 radical (unpaired) electrons. The summed E-state index contributed by atoms with van der Waals surface area (Å²) in [6, 6.07) is 3.75. The molecule has 80 valence electrons. The van der Waals surface area contributed by atoms with Crippen molar-refractivity contribution < 1.29 is 9.90 Å². The molecule has 0 spiro atoms. The third kappa shape index (κ3) is 1.65. The lowest BCUT2D eigenvalue weighted by Crippen LogP contribution is -2.07. The number of benzene rings is 1. The zero-order valence-corrected chi connectivity index (χ0v) is 9.21. The molecule has 2 heteroatoms. The molecule has 0 amide bonds. The Balaban J connectivity index is 2.63. The Morgan fingerprint density at radius 2 is 2.07 bits per heavy atom. The van der Waals surface area contributed by atoms with Crippen molar-refractivity contribution in [2.75, 3.05) is 0 Å². The van der Waals surface area contributed by atoms with Gasteiger partial charge in [-0.2, -0.15) is 0 Å². The van der Waals surface area contributed by atoms with Crippen molar-refractivity contribution in [3.63, 3.8) is 0 Å². The van der Waals surface area contributed by atoms with Crippen molar-refractivity contribution in [1.29, 1.82) is 0 Å². The maximum atomic E-state index is 11.1. The molecule has 1 aliphatic rings. The van der Waals surface area contributed by atoms with Crippen LogP contribution in [0.4, 0.5) is 0 Å². The van der Waals surface area contributed by atoms with Gasteiger partial charge in [0.2, 0.25) is 0 Å². The Labute approximate surface area is 89.9 Å². The minimum atomic E-state index is -0.798. The fourth-order valence-corrected chi connectivity index (χ4v) is 2.54. The number of hydrogen-bond donors (Lipinski definition) is 1. The molecule has 0 atom stereocenters. The number of fused-ring (bicyclic) bond motifs is 1. The van der Waals surface area contributed by atoms with Gasteiger partial charge < -0.3 is 5.11 Å². The van der Waals surface area contributed by atoms with Crippen LogP contribution in [0, 0.1) is 0 Å². The topological polar surface area (TPSA) is 37.3 Å². The van der Waals surface area contributed by atoms with Crippen molar-refractivity contribution in [3.05, 3.63) is 34.4 Å². The summed E-state index contributed by atoms with van der Waals surface area (Å²) < 4.78 is 0. The molecule has 0 aliphatic heterocycles. The van der Waals surface area contributed by atoms with Gasteiger partial charge in [0.1, 0.15) is 0 Å². The second-order valence-corrected chi connectivity index (χ2v) is 4.48. The van der Waals surface area contributed by atoms with Gasteiger partial charge in [0, 0.05) is 0 Å². The molecule has 1 aliphatic carbocycles. The molecule has 0 fully saturated rings. The minimum Gasteiger partial charge on any atom is -0.478 e. The molecule has 0 saturated heterocycles. The van der Waals surface area contributed by atoms with Crippen molar-refractivity contribution in [3.8, 4) is 0 Å². The summed E-state index contributed by atoms with van der Waals surface area (Å²) in [4.78, 5) is 11.1. The molecule has 0 heterocycles. The zero-order valence-electron chi connectivity index (χ0n) is 9.21. The first-order valence-corrected chi connectivity index (χ1v) is 5.49.